The topological polar surface area (TPSA) is 79.0 Å². The number of anilines is 2. The molecule has 2 aromatic rings. The minimum Gasteiger partial charge on any atom is -0.496 e. The molecular weight excluding hydrogens is 425 g/mol. The first-order chi connectivity index (χ1) is 15.5. The van der Waals surface area contributed by atoms with Crippen molar-refractivity contribution in [2.45, 2.75) is 26.3 Å². The molecule has 2 heterocycles. The van der Waals surface area contributed by atoms with Crippen LogP contribution in [0.3, 0.4) is 0 Å². The summed E-state index contributed by atoms with van der Waals surface area (Å²) in [6, 6.07) is 7.82. The Labute approximate surface area is 191 Å². The Kier molecular flexibility index (Phi) is 5.32. The first kappa shape index (κ1) is 22.3. The summed E-state index contributed by atoms with van der Waals surface area (Å²) in [6.07, 6.45) is 3.53. The smallest absolute Gasteiger partial charge is 0.335 e. The van der Waals surface area contributed by atoms with Crippen LogP contribution in [0.2, 0.25) is 0 Å². The fourth-order valence-corrected chi connectivity index (χ4v) is 4.15. The van der Waals surface area contributed by atoms with Gasteiger partial charge in [-0.15, -0.1) is 0 Å². The number of amides is 4. The van der Waals surface area contributed by atoms with Gasteiger partial charge in [-0.1, -0.05) is 12.1 Å². The lowest BCUT2D eigenvalue weighted by molar-refractivity contribution is -0.122. The molecule has 8 heteroatoms. The fraction of sp³-hybridized carbons (Fsp3) is 0.240. The zero-order chi connectivity index (χ0) is 24.1. The third-order valence-corrected chi connectivity index (χ3v) is 6.04. The van der Waals surface area contributed by atoms with E-state index in [1.807, 2.05) is 26.1 Å². The third-order valence-electron chi connectivity index (χ3n) is 6.04. The van der Waals surface area contributed by atoms with Gasteiger partial charge in [0.05, 0.1) is 18.3 Å². The van der Waals surface area contributed by atoms with Crippen LogP contribution in [0.25, 0.3) is 11.6 Å². The molecule has 0 unspecified atom stereocenters. The summed E-state index contributed by atoms with van der Waals surface area (Å²) < 4.78 is 19.3. The maximum Gasteiger partial charge on any atom is 0.335 e. The fourth-order valence-electron chi connectivity index (χ4n) is 4.15. The first-order valence-corrected chi connectivity index (χ1v) is 10.4. The minimum absolute atomic E-state index is 0.0240. The number of nitrogens with zero attached hydrogens (tertiary/aromatic N) is 2. The predicted molar refractivity (Wildman–Crippen MR) is 125 cm³/mol. The number of hydrogen-bond acceptors (Lipinski definition) is 5. The molecule has 0 aromatic heterocycles. The van der Waals surface area contributed by atoms with Crippen molar-refractivity contribution in [2.75, 3.05) is 24.0 Å². The van der Waals surface area contributed by atoms with E-state index in [-0.39, 0.29) is 16.8 Å². The summed E-state index contributed by atoms with van der Waals surface area (Å²) in [5.41, 5.74) is 3.00. The van der Waals surface area contributed by atoms with Crippen molar-refractivity contribution in [1.29, 1.82) is 0 Å². The molecule has 170 valence electrons. The Morgan fingerprint density at radius 3 is 2.52 bits per heavy atom. The van der Waals surface area contributed by atoms with E-state index in [4.69, 9.17) is 4.74 Å². The molecule has 7 nitrogen and oxygen atoms in total. The molecule has 0 saturated carbocycles. The normalized spacial score (nSPS) is 18.8. The molecule has 2 aromatic carbocycles. The van der Waals surface area contributed by atoms with E-state index < -0.39 is 23.7 Å². The standard InChI is InChI=1S/C25H24FN3O4/c1-14-13-25(2,3)28(4)20-12-21(33-5)15(9-18(14)20)10-19-22(30)27-24(32)29(23(19)31)17-8-6-7-16(26)11-17/h6-13H,1-5H3,(H,27,30,32)/b19-10-. The predicted octanol–water partition coefficient (Wildman–Crippen LogP) is 4.13. The summed E-state index contributed by atoms with van der Waals surface area (Å²) in [6.45, 7) is 6.20. The number of ether oxygens (including phenoxy) is 1. The highest BCUT2D eigenvalue weighted by Gasteiger charge is 2.37. The summed E-state index contributed by atoms with van der Waals surface area (Å²) in [7, 11) is 3.49. The van der Waals surface area contributed by atoms with Gasteiger partial charge in [0.15, 0.2) is 0 Å². The number of benzene rings is 2. The quantitative estimate of drug-likeness (QED) is 0.563. The molecule has 4 amide bonds. The van der Waals surface area contributed by atoms with E-state index in [2.05, 4.69) is 30.1 Å². The van der Waals surface area contributed by atoms with Crippen molar-refractivity contribution in [3.8, 4) is 5.75 Å². The number of hydrogen-bond donors (Lipinski definition) is 1. The van der Waals surface area contributed by atoms with Gasteiger partial charge in [0.25, 0.3) is 11.8 Å². The third kappa shape index (κ3) is 3.77. The van der Waals surface area contributed by atoms with E-state index in [1.165, 1.54) is 31.4 Å². The number of likely N-dealkylation sites (N-methyl/N-ethyl adjacent to an activating group) is 1. The highest BCUT2D eigenvalue weighted by atomic mass is 19.1. The van der Waals surface area contributed by atoms with Crippen molar-refractivity contribution >= 4 is 40.9 Å². The Morgan fingerprint density at radius 1 is 1.12 bits per heavy atom. The number of carbonyl (C=O) groups is 3. The summed E-state index contributed by atoms with van der Waals surface area (Å²) in [4.78, 5) is 40.9. The van der Waals surface area contributed by atoms with Crippen LogP contribution in [0.1, 0.15) is 31.9 Å². The van der Waals surface area contributed by atoms with E-state index >= 15 is 0 Å². The van der Waals surface area contributed by atoms with Crippen molar-refractivity contribution in [1.82, 2.24) is 5.32 Å². The number of urea groups is 1. The number of halogens is 1. The van der Waals surface area contributed by atoms with Crippen LogP contribution >= 0.6 is 0 Å². The van der Waals surface area contributed by atoms with E-state index in [9.17, 15) is 18.8 Å². The summed E-state index contributed by atoms with van der Waals surface area (Å²) in [5, 5.41) is 2.15. The second-order valence-corrected chi connectivity index (χ2v) is 8.59. The molecular formula is C25H24FN3O4. The number of barbiturate groups is 1. The van der Waals surface area contributed by atoms with E-state index in [1.54, 1.807) is 0 Å². The summed E-state index contributed by atoms with van der Waals surface area (Å²) in [5.74, 6) is -1.82. The molecule has 2 aliphatic rings. The zero-order valence-electron chi connectivity index (χ0n) is 19.0. The lowest BCUT2D eigenvalue weighted by Gasteiger charge is -2.41. The molecule has 33 heavy (non-hydrogen) atoms. The molecule has 0 atom stereocenters. The molecule has 0 radical (unpaired) electrons. The monoisotopic (exact) mass is 449 g/mol. The number of fused-ring (bicyclic) bond motifs is 1. The van der Waals surface area contributed by atoms with Gasteiger partial charge in [0, 0.05) is 29.9 Å². The Hall–Kier alpha value is -3.94. The number of allylic oxidation sites excluding steroid dienone is 1. The van der Waals surface area contributed by atoms with Gasteiger partial charge in [0.1, 0.15) is 17.1 Å². The van der Waals surface area contributed by atoms with Crippen LogP contribution in [0, 0.1) is 5.82 Å². The number of imide groups is 2. The van der Waals surface area contributed by atoms with Crippen LogP contribution in [-0.2, 0) is 9.59 Å². The van der Waals surface area contributed by atoms with E-state index in [0.717, 1.165) is 27.8 Å². The van der Waals surface area contributed by atoms with Crippen LogP contribution in [0.5, 0.6) is 5.75 Å². The highest BCUT2D eigenvalue weighted by molar-refractivity contribution is 6.39. The lowest BCUT2D eigenvalue weighted by atomic mass is 9.88. The Balaban J connectivity index is 1.82. The van der Waals surface area contributed by atoms with Crippen LogP contribution in [0.4, 0.5) is 20.6 Å². The largest absolute Gasteiger partial charge is 0.496 e. The van der Waals surface area contributed by atoms with Gasteiger partial charge in [-0.2, -0.15) is 0 Å². The zero-order valence-corrected chi connectivity index (χ0v) is 19.0. The molecule has 1 fully saturated rings. The second-order valence-electron chi connectivity index (χ2n) is 8.59. The lowest BCUT2D eigenvalue weighted by Crippen LogP contribution is -2.54. The SMILES string of the molecule is COc1cc2c(cc1/C=C1/C(=O)NC(=O)N(c3cccc(F)c3)C1=O)C(C)=CC(C)(C)N2C. The molecule has 0 bridgehead atoms. The Morgan fingerprint density at radius 2 is 1.85 bits per heavy atom. The van der Waals surface area contributed by atoms with Crippen molar-refractivity contribution in [3.05, 3.63) is 65.0 Å². The van der Waals surface area contributed by atoms with Gasteiger partial charge in [-0.3, -0.25) is 14.9 Å². The maximum absolute atomic E-state index is 13.7. The molecule has 2 aliphatic heterocycles. The Bertz CT molecular complexity index is 1260. The second kappa shape index (κ2) is 7.88. The van der Waals surface area contributed by atoms with E-state index in [0.29, 0.717) is 11.3 Å². The van der Waals surface area contributed by atoms with Gasteiger partial charge in [-0.05, 0) is 56.7 Å². The van der Waals surface area contributed by atoms with Crippen molar-refractivity contribution in [3.63, 3.8) is 0 Å². The average Bonchev–Trinajstić information content (AvgIpc) is 2.74. The summed E-state index contributed by atoms with van der Waals surface area (Å²) >= 11 is 0. The van der Waals surface area contributed by atoms with Crippen LogP contribution in [-0.4, -0.2) is 37.5 Å². The average molecular weight is 449 g/mol. The van der Waals surface area contributed by atoms with Gasteiger partial charge in [-0.25, -0.2) is 14.1 Å². The maximum atomic E-state index is 13.7. The van der Waals surface area contributed by atoms with Crippen molar-refractivity contribution in [2.24, 2.45) is 0 Å². The minimum atomic E-state index is -0.937. The van der Waals surface area contributed by atoms with Gasteiger partial charge in [0.2, 0.25) is 0 Å². The molecule has 1 saturated heterocycles. The first-order valence-electron chi connectivity index (χ1n) is 10.4. The number of methoxy groups -OCH3 is 1. The highest BCUT2D eigenvalue weighted by Crippen LogP contribution is 2.42. The number of carbonyl (C=O) groups excluding carboxylic acids is 3. The van der Waals surface area contributed by atoms with Crippen LogP contribution < -0.4 is 19.9 Å². The molecule has 0 aliphatic carbocycles. The number of rotatable bonds is 3. The molecule has 0 spiro atoms. The van der Waals surface area contributed by atoms with Gasteiger partial charge >= 0.3 is 6.03 Å². The molecule has 4 rings (SSSR count). The van der Waals surface area contributed by atoms with Crippen molar-refractivity contribution < 1.29 is 23.5 Å². The van der Waals surface area contributed by atoms with Crippen LogP contribution in [0.15, 0.2) is 48.0 Å². The van der Waals surface area contributed by atoms with Gasteiger partial charge < -0.3 is 9.64 Å². The molecule has 1 N–H and O–H groups in total. The number of nitrogens with one attached hydrogen (secondary N) is 1.